The molecule has 3 heteroatoms. The molecule has 0 aromatic carbocycles. The van der Waals surface area contributed by atoms with Crippen molar-refractivity contribution in [3.05, 3.63) is 23.4 Å². The molecule has 0 aliphatic heterocycles. The number of aryl methyl sites for hydroxylation is 1. The molecule has 0 aliphatic rings. The van der Waals surface area contributed by atoms with Crippen LogP contribution in [0.2, 0.25) is 0 Å². The van der Waals surface area contributed by atoms with Crippen molar-refractivity contribution < 1.29 is 0 Å². The van der Waals surface area contributed by atoms with Gasteiger partial charge in [-0.05, 0) is 37.1 Å². The maximum Gasteiger partial charge on any atom is 0.126 e. The quantitative estimate of drug-likeness (QED) is 0.743. The van der Waals surface area contributed by atoms with E-state index in [1.54, 1.807) is 0 Å². The first-order valence-electron chi connectivity index (χ1n) is 7.11. The molecular formula is C15H27N3. The first-order valence-corrected chi connectivity index (χ1v) is 7.11. The average Bonchev–Trinajstić information content (AvgIpc) is 2.40. The fourth-order valence-electron chi connectivity index (χ4n) is 2.05. The van der Waals surface area contributed by atoms with Crippen LogP contribution in [0.25, 0.3) is 0 Å². The minimum Gasteiger partial charge on any atom is -0.370 e. The molecule has 0 aliphatic carbocycles. The highest BCUT2D eigenvalue weighted by molar-refractivity contribution is 5.39. The summed E-state index contributed by atoms with van der Waals surface area (Å²) >= 11 is 0. The van der Waals surface area contributed by atoms with Crippen molar-refractivity contribution in [3.8, 4) is 0 Å². The number of pyridine rings is 1. The summed E-state index contributed by atoms with van der Waals surface area (Å²) in [5.74, 6) is 1.76. The average molecular weight is 249 g/mol. The van der Waals surface area contributed by atoms with Gasteiger partial charge >= 0.3 is 0 Å². The van der Waals surface area contributed by atoms with Gasteiger partial charge in [-0.15, -0.1) is 0 Å². The number of hydrogen-bond acceptors (Lipinski definition) is 3. The molecule has 2 N–H and O–H groups in total. The Labute approximate surface area is 111 Å². The van der Waals surface area contributed by atoms with Crippen LogP contribution in [0.15, 0.2) is 12.1 Å². The van der Waals surface area contributed by atoms with Crippen LogP contribution in [0.3, 0.4) is 0 Å². The van der Waals surface area contributed by atoms with E-state index in [-0.39, 0.29) is 0 Å². The molecule has 18 heavy (non-hydrogen) atoms. The Bertz CT molecular complexity index is 346. The zero-order valence-corrected chi connectivity index (χ0v) is 12.2. The Balaban J connectivity index is 2.71. The Kier molecular flexibility index (Phi) is 6.73. The van der Waals surface area contributed by atoms with E-state index in [9.17, 15) is 0 Å². The van der Waals surface area contributed by atoms with Crippen LogP contribution in [0.1, 0.15) is 44.9 Å². The van der Waals surface area contributed by atoms with E-state index < -0.39 is 0 Å². The lowest BCUT2D eigenvalue weighted by Gasteiger charge is -2.15. The molecule has 0 bridgehead atoms. The molecule has 0 radical (unpaired) electrons. The van der Waals surface area contributed by atoms with Gasteiger partial charge in [-0.2, -0.15) is 0 Å². The lowest BCUT2D eigenvalue weighted by Crippen LogP contribution is -2.15. The highest BCUT2D eigenvalue weighted by Gasteiger charge is 2.05. The third-order valence-electron chi connectivity index (χ3n) is 3.41. The third kappa shape index (κ3) is 4.65. The zero-order chi connectivity index (χ0) is 13.4. The van der Waals surface area contributed by atoms with Gasteiger partial charge in [0.1, 0.15) is 5.82 Å². The van der Waals surface area contributed by atoms with Crippen molar-refractivity contribution in [1.82, 2.24) is 10.3 Å². The van der Waals surface area contributed by atoms with Crippen LogP contribution in [-0.4, -0.2) is 18.6 Å². The number of nitrogens with zero attached hydrogens (tertiary/aromatic N) is 1. The molecule has 0 spiro atoms. The van der Waals surface area contributed by atoms with Gasteiger partial charge in [0, 0.05) is 18.8 Å². The lowest BCUT2D eigenvalue weighted by molar-refractivity contribution is 0.518. The van der Waals surface area contributed by atoms with Gasteiger partial charge in [0.25, 0.3) is 0 Å². The molecule has 3 nitrogen and oxygen atoms in total. The number of rotatable bonds is 8. The fourth-order valence-corrected chi connectivity index (χ4v) is 2.05. The molecule has 0 amide bonds. The molecular weight excluding hydrogens is 222 g/mol. The first-order chi connectivity index (χ1) is 8.73. The first kappa shape index (κ1) is 15.0. The van der Waals surface area contributed by atoms with Crippen LogP contribution in [0.4, 0.5) is 5.82 Å². The second kappa shape index (κ2) is 8.09. The second-order valence-electron chi connectivity index (χ2n) is 4.80. The van der Waals surface area contributed by atoms with Gasteiger partial charge in [-0.25, -0.2) is 4.98 Å². The number of aromatic nitrogens is 1. The molecule has 0 fully saturated rings. The molecule has 0 atom stereocenters. The normalized spacial score (nSPS) is 10.9. The third-order valence-corrected chi connectivity index (χ3v) is 3.41. The van der Waals surface area contributed by atoms with E-state index >= 15 is 0 Å². The Morgan fingerprint density at radius 3 is 2.44 bits per heavy atom. The van der Waals surface area contributed by atoms with Crippen LogP contribution < -0.4 is 10.6 Å². The van der Waals surface area contributed by atoms with Crippen LogP contribution in [0.5, 0.6) is 0 Å². The van der Waals surface area contributed by atoms with Gasteiger partial charge in [0.15, 0.2) is 0 Å². The fraction of sp³-hybridized carbons (Fsp3) is 0.667. The zero-order valence-electron chi connectivity index (χ0n) is 12.2. The van der Waals surface area contributed by atoms with E-state index in [1.807, 2.05) is 7.05 Å². The summed E-state index contributed by atoms with van der Waals surface area (Å²) in [4.78, 5) is 4.64. The predicted molar refractivity (Wildman–Crippen MR) is 78.9 cm³/mol. The minimum absolute atomic E-state index is 0.741. The van der Waals surface area contributed by atoms with Gasteiger partial charge < -0.3 is 10.6 Å². The molecule has 1 aromatic heterocycles. The maximum atomic E-state index is 4.64. The van der Waals surface area contributed by atoms with Crippen LogP contribution in [0, 0.1) is 5.92 Å². The van der Waals surface area contributed by atoms with Gasteiger partial charge in [-0.3, -0.25) is 0 Å². The SMILES string of the molecule is CCc1cc(CNC)cc(NCC(CC)CC)n1. The molecule has 0 unspecified atom stereocenters. The van der Waals surface area contributed by atoms with E-state index in [1.165, 1.54) is 18.4 Å². The minimum atomic E-state index is 0.741. The van der Waals surface area contributed by atoms with Crippen molar-refractivity contribution >= 4 is 5.82 Å². The largest absolute Gasteiger partial charge is 0.370 e. The van der Waals surface area contributed by atoms with E-state index in [0.717, 1.165) is 36.9 Å². The monoisotopic (exact) mass is 249 g/mol. The second-order valence-corrected chi connectivity index (χ2v) is 4.80. The molecule has 102 valence electrons. The lowest BCUT2D eigenvalue weighted by atomic mass is 10.0. The summed E-state index contributed by atoms with van der Waals surface area (Å²) in [7, 11) is 1.98. The van der Waals surface area contributed by atoms with E-state index in [4.69, 9.17) is 0 Å². The van der Waals surface area contributed by atoms with Crippen molar-refractivity contribution in [2.24, 2.45) is 5.92 Å². The van der Waals surface area contributed by atoms with E-state index in [0.29, 0.717) is 0 Å². The molecule has 0 saturated carbocycles. The predicted octanol–water partition coefficient (Wildman–Crippen LogP) is 3.21. The Hall–Kier alpha value is -1.09. The van der Waals surface area contributed by atoms with Crippen molar-refractivity contribution in [2.45, 2.75) is 46.6 Å². The smallest absolute Gasteiger partial charge is 0.126 e. The van der Waals surface area contributed by atoms with Crippen molar-refractivity contribution in [3.63, 3.8) is 0 Å². The standard InChI is InChI=1S/C15H27N3/c1-5-12(6-2)11-17-15-9-13(10-16-4)8-14(7-3)18-15/h8-9,12,16H,5-7,10-11H2,1-4H3,(H,17,18). The number of hydrogen-bond donors (Lipinski definition) is 2. The van der Waals surface area contributed by atoms with Gasteiger partial charge in [0.05, 0.1) is 0 Å². The summed E-state index contributed by atoms with van der Waals surface area (Å²) < 4.78 is 0. The maximum absolute atomic E-state index is 4.64. The van der Waals surface area contributed by atoms with Crippen molar-refractivity contribution in [2.75, 3.05) is 18.9 Å². The molecule has 1 heterocycles. The van der Waals surface area contributed by atoms with Gasteiger partial charge in [-0.1, -0.05) is 33.6 Å². The Morgan fingerprint density at radius 1 is 1.17 bits per heavy atom. The Morgan fingerprint density at radius 2 is 1.89 bits per heavy atom. The highest BCUT2D eigenvalue weighted by atomic mass is 15.0. The van der Waals surface area contributed by atoms with E-state index in [2.05, 4.69) is 48.5 Å². The highest BCUT2D eigenvalue weighted by Crippen LogP contribution is 2.14. The molecule has 1 rings (SSSR count). The number of anilines is 1. The summed E-state index contributed by atoms with van der Waals surface area (Å²) in [6, 6.07) is 4.33. The summed E-state index contributed by atoms with van der Waals surface area (Å²) in [6.45, 7) is 8.56. The molecule has 1 aromatic rings. The van der Waals surface area contributed by atoms with Crippen molar-refractivity contribution in [1.29, 1.82) is 0 Å². The van der Waals surface area contributed by atoms with Crippen LogP contribution >= 0.6 is 0 Å². The summed E-state index contributed by atoms with van der Waals surface area (Å²) in [5.41, 5.74) is 2.46. The summed E-state index contributed by atoms with van der Waals surface area (Å²) in [5, 5.41) is 6.68. The van der Waals surface area contributed by atoms with Crippen LogP contribution in [-0.2, 0) is 13.0 Å². The molecule has 0 saturated heterocycles. The topological polar surface area (TPSA) is 37.0 Å². The summed E-state index contributed by atoms with van der Waals surface area (Å²) in [6.07, 6.45) is 3.43. The van der Waals surface area contributed by atoms with Gasteiger partial charge in [0.2, 0.25) is 0 Å². The number of nitrogens with one attached hydrogen (secondary N) is 2.